The van der Waals surface area contributed by atoms with E-state index in [2.05, 4.69) is 26.8 Å². The molecule has 0 saturated heterocycles. The maximum Gasteiger partial charge on any atom is 0.257 e. The third-order valence-corrected chi connectivity index (χ3v) is 3.50. The molecule has 0 aliphatic carbocycles. The molecule has 3 aromatic rings. The molecule has 2 aromatic heterocycles. The van der Waals surface area contributed by atoms with E-state index in [-0.39, 0.29) is 17.7 Å². The van der Waals surface area contributed by atoms with Gasteiger partial charge < -0.3 is 19.9 Å². The number of carbonyl (C=O) groups is 2. The van der Waals surface area contributed by atoms with Crippen LogP contribution in [-0.2, 0) is 4.79 Å². The summed E-state index contributed by atoms with van der Waals surface area (Å²) < 4.78 is 5.72. The first-order valence-electron chi connectivity index (χ1n) is 7.75. The maximum atomic E-state index is 12.2. The highest BCUT2D eigenvalue weighted by Gasteiger charge is 2.16. The number of H-pyrrole nitrogens is 1. The molecule has 26 heavy (non-hydrogen) atoms. The van der Waals surface area contributed by atoms with Crippen LogP contribution < -0.4 is 10.1 Å². The van der Waals surface area contributed by atoms with Crippen LogP contribution in [0.4, 0.5) is 5.69 Å². The van der Waals surface area contributed by atoms with Crippen LogP contribution in [0.5, 0.6) is 11.6 Å². The summed E-state index contributed by atoms with van der Waals surface area (Å²) in [5.74, 6) is 0.202. The SMILES string of the molecule is C=CC(=O)Nc1cccc(Oc2cnc3[nH]cc(C(=O)N(C)C)c3n2)c1. The van der Waals surface area contributed by atoms with Crippen LogP contribution in [0.15, 0.2) is 49.3 Å². The number of hydrogen-bond acceptors (Lipinski definition) is 5. The summed E-state index contributed by atoms with van der Waals surface area (Å²) in [4.78, 5) is 36.6. The number of nitrogens with zero attached hydrogens (tertiary/aromatic N) is 3. The molecular formula is C18H17N5O3. The van der Waals surface area contributed by atoms with E-state index in [1.807, 2.05) is 0 Å². The van der Waals surface area contributed by atoms with Crippen molar-refractivity contribution in [3.8, 4) is 11.6 Å². The number of anilines is 1. The molecule has 3 rings (SSSR count). The molecule has 8 heteroatoms. The first-order valence-corrected chi connectivity index (χ1v) is 7.75. The molecule has 0 spiro atoms. The van der Waals surface area contributed by atoms with Crippen LogP contribution in [0.3, 0.4) is 0 Å². The molecule has 2 N–H and O–H groups in total. The molecule has 1 aromatic carbocycles. The Bertz CT molecular complexity index is 993. The number of rotatable bonds is 5. The lowest BCUT2D eigenvalue weighted by atomic mass is 10.3. The summed E-state index contributed by atoms with van der Waals surface area (Å²) in [7, 11) is 3.33. The minimum Gasteiger partial charge on any atom is -0.437 e. The maximum absolute atomic E-state index is 12.2. The highest BCUT2D eigenvalue weighted by molar-refractivity contribution is 6.04. The second-order valence-electron chi connectivity index (χ2n) is 5.63. The van der Waals surface area contributed by atoms with Crippen molar-refractivity contribution >= 4 is 28.7 Å². The van der Waals surface area contributed by atoms with Gasteiger partial charge in [0, 0.05) is 32.0 Å². The van der Waals surface area contributed by atoms with Gasteiger partial charge in [0.05, 0.1) is 11.8 Å². The summed E-state index contributed by atoms with van der Waals surface area (Å²) in [5.41, 5.74) is 1.90. The second kappa shape index (κ2) is 7.06. The quantitative estimate of drug-likeness (QED) is 0.688. The Morgan fingerprint density at radius 2 is 2.15 bits per heavy atom. The summed E-state index contributed by atoms with van der Waals surface area (Å²) >= 11 is 0. The van der Waals surface area contributed by atoms with Gasteiger partial charge in [0.15, 0.2) is 5.65 Å². The average molecular weight is 351 g/mol. The van der Waals surface area contributed by atoms with Crippen LogP contribution in [0.2, 0.25) is 0 Å². The molecule has 132 valence electrons. The van der Waals surface area contributed by atoms with E-state index < -0.39 is 0 Å². The van der Waals surface area contributed by atoms with Gasteiger partial charge in [-0.1, -0.05) is 12.6 Å². The smallest absolute Gasteiger partial charge is 0.257 e. The van der Waals surface area contributed by atoms with E-state index >= 15 is 0 Å². The normalized spacial score (nSPS) is 10.4. The molecular weight excluding hydrogens is 334 g/mol. The Labute approximate surface area is 149 Å². The predicted octanol–water partition coefficient (Wildman–Crippen LogP) is 2.58. The number of nitrogens with one attached hydrogen (secondary N) is 2. The minimum atomic E-state index is -0.317. The number of ether oxygens (including phenoxy) is 1. The van der Waals surface area contributed by atoms with E-state index in [9.17, 15) is 9.59 Å². The third-order valence-electron chi connectivity index (χ3n) is 3.50. The highest BCUT2D eigenvalue weighted by Crippen LogP contribution is 2.25. The molecule has 0 fully saturated rings. The van der Waals surface area contributed by atoms with Crippen molar-refractivity contribution in [3.63, 3.8) is 0 Å². The molecule has 0 aliphatic heterocycles. The van der Waals surface area contributed by atoms with Crippen molar-refractivity contribution in [2.45, 2.75) is 0 Å². The van der Waals surface area contributed by atoms with E-state index in [4.69, 9.17) is 4.74 Å². The molecule has 2 amide bonds. The fourth-order valence-corrected chi connectivity index (χ4v) is 2.28. The van der Waals surface area contributed by atoms with E-state index in [0.717, 1.165) is 0 Å². The van der Waals surface area contributed by atoms with Gasteiger partial charge in [-0.05, 0) is 18.2 Å². The first-order chi connectivity index (χ1) is 12.5. The molecule has 0 aliphatic rings. The highest BCUT2D eigenvalue weighted by atomic mass is 16.5. The van der Waals surface area contributed by atoms with Crippen LogP contribution in [0.25, 0.3) is 11.2 Å². The average Bonchev–Trinajstić information content (AvgIpc) is 3.04. The zero-order valence-corrected chi connectivity index (χ0v) is 14.3. The van der Waals surface area contributed by atoms with Gasteiger partial charge in [-0.25, -0.2) is 9.97 Å². The van der Waals surface area contributed by atoms with E-state index in [0.29, 0.717) is 28.2 Å². The second-order valence-corrected chi connectivity index (χ2v) is 5.63. The van der Waals surface area contributed by atoms with E-state index in [1.165, 1.54) is 17.2 Å². The van der Waals surface area contributed by atoms with E-state index in [1.54, 1.807) is 44.6 Å². The van der Waals surface area contributed by atoms with Gasteiger partial charge >= 0.3 is 0 Å². The molecule has 8 nitrogen and oxygen atoms in total. The van der Waals surface area contributed by atoms with Crippen molar-refractivity contribution < 1.29 is 14.3 Å². The van der Waals surface area contributed by atoms with Gasteiger partial charge in [0.2, 0.25) is 11.8 Å². The fourth-order valence-electron chi connectivity index (χ4n) is 2.28. The molecule has 0 bridgehead atoms. The molecule has 0 atom stereocenters. The molecule has 2 heterocycles. The first kappa shape index (κ1) is 17.2. The Morgan fingerprint density at radius 1 is 1.35 bits per heavy atom. The molecule has 0 unspecified atom stereocenters. The number of fused-ring (bicyclic) bond motifs is 1. The molecule has 0 saturated carbocycles. The van der Waals surface area contributed by atoms with Gasteiger partial charge in [-0.3, -0.25) is 9.59 Å². The lowest BCUT2D eigenvalue weighted by molar-refractivity contribution is -0.111. The monoisotopic (exact) mass is 351 g/mol. The summed E-state index contributed by atoms with van der Waals surface area (Å²) in [6, 6.07) is 6.83. The number of benzene rings is 1. The van der Waals surface area contributed by atoms with Crippen molar-refractivity contribution in [3.05, 3.63) is 54.9 Å². The van der Waals surface area contributed by atoms with Crippen LogP contribution in [-0.4, -0.2) is 45.8 Å². The third kappa shape index (κ3) is 3.54. The number of carbonyl (C=O) groups excluding carboxylic acids is 2. The predicted molar refractivity (Wildman–Crippen MR) is 97.2 cm³/mol. The topological polar surface area (TPSA) is 100 Å². The standard InChI is InChI=1S/C18H17N5O3/c1-4-14(24)21-11-6-5-7-12(8-11)26-15-10-20-17-16(22-15)13(9-19-17)18(25)23(2)3/h4-10H,1H2,2-3H3,(H,19,20)(H,21,24). The zero-order chi connectivity index (χ0) is 18.7. The largest absolute Gasteiger partial charge is 0.437 e. The van der Waals surface area contributed by atoms with Crippen LogP contribution >= 0.6 is 0 Å². The van der Waals surface area contributed by atoms with Crippen LogP contribution in [0.1, 0.15) is 10.4 Å². The van der Waals surface area contributed by atoms with Crippen molar-refractivity contribution in [2.75, 3.05) is 19.4 Å². The number of aromatic amines is 1. The van der Waals surface area contributed by atoms with Gasteiger partial charge in [-0.2, -0.15) is 0 Å². The van der Waals surface area contributed by atoms with Gasteiger partial charge in [0.1, 0.15) is 11.3 Å². The summed E-state index contributed by atoms with van der Waals surface area (Å²) in [6.07, 6.45) is 4.21. The van der Waals surface area contributed by atoms with Crippen molar-refractivity contribution in [1.82, 2.24) is 19.9 Å². The van der Waals surface area contributed by atoms with Crippen molar-refractivity contribution in [2.24, 2.45) is 0 Å². The Balaban J connectivity index is 1.88. The zero-order valence-electron chi connectivity index (χ0n) is 14.3. The summed E-state index contributed by atoms with van der Waals surface area (Å²) in [5, 5.41) is 2.65. The Hall–Kier alpha value is -3.68. The van der Waals surface area contributed by atoms with Gasteiger partial charge in [0.25, 0.3) is 5.91 Å². The summed E-state index contributed by atoms with van der Waals surface area (Å²) in [6.45, 7) is 3.41. The fraction of sp³-hybridized carbons (Fsp3) is 0.111. The minimum absolute atomic E-state index is 0.183. The number of hydrogen-bond donors (Lipinski definition) is 2. The lowest BCUT2D eigenvalue weighted by Gasteiger charge is -2.09. The Morgan fingerprint density at radius 3 is 2.88 bits per heavy atom. The van der Waals surface area contributed by atoms with Crippen LogP contribution in [0, 0.1) is 0 Å². The Kier molecular flexibility index (Phi) is 4.66. The number of aromatic nitrogens is 3. The number of amides is 2. The van der Waals surface area contributed by atoms with Gasteiger partial charge in [-0.15, -0.1) is 0 Å². The molecule has 0 radical (unpaired) electrons. The van der Waals surface area contributed by atoms with Crippen molar-refractivity contribution in [1.29, 1.82) is 0 Å². The lowest BCUT2D eigenvalue weighted by Crippen LogP contribution is -2.21.